The van der Waals surface area contributed by atoms with Gasteiger partial charge in [0.15, 0.2) is 0 Å². The van der Waals surface area contributed by atoms with Gasteiger partial charge in [-0.15, -0.1) is 0 Å². The van der Waals surface area contributed by atoms with Crippen LogP contribution < -0.4 is 10.5 Å². The van der Waals surface area contributed by atoms with Gasteiger partial charge in [-0.05, 0) is 31.2 Å². The molecule has 0 aliphatic heterocycles. The molecule has 100 valence electrons. The maximum Gasteiger partial charge on any atom is 0.129 e. The number of hydrogen-bond acceptors (Lipinski definition) is 2. The van der Waals surface area contributed by atoms with Gasteiger partial charge >= 0.3 is 0 Å². The summed E-state index contributed by atoms with van der Waals surface area (Å²) in [6, 6.07) is 12.1. The lowest BCUT2D eigenvalue weighted by Gasteiger charge is -2.14. The van der Waals surface area contributed by atoms with E-state index in [9.17, 15) is 4.39 Å². The van der Waals surface area contributed by atoms with E-state index in [1.54, 1.807) is 18.2 Å². The molecule has 1 atom stereocenters. The van der Waals surface area contributed by atoms with Gasteiger partial charge in [-0.3, -0.25) is 0 Å². The fraction of sp³-hybridized carbons (Fsp3) is 0.200. The van der Waals surface area contributed by atoms with E-state index in [2.05, 4.69) is 15.9 Å². The van der Waals surface area contributed by atoms with Crippen LogP contribution in [0.2, 0.25) is 0 Å². The van der Waals surface area contributed by atoms with Crippen LogP contribution in [0.25, 0.3) is 0 Å². The minimum absolute atomic E-state index is 0.145. The van der Waals surface area contributed by atoms with Crippen molar-refractivity contribution in [3.63, 3.8) is 0 Å². The molecule has 0 saturated carbocycles. The Morgan fingerprint density at radius 2 is 2.00 bits per heavy atom. The molecule has 2 aromatic carbocycles. The number of nitrogens with two attached hydrogens (primary N) is 1. The molecule has 0 aliphatic carbocycles. The van der Waals surface area contributed by atoms with Crippen molar-refractivity contribution >= 4 is 15.9 Å². The molecule has 2 N–H and O–H groups in total. The summed E-state index contributed by atoms with van der Waals surface area (Å²) in [6.07, 6.45) is 0. The van der Waals surface area contributed by atoms with Crippen molar-refractivity contribution in [2.24, 2.45) is 5.73 Å². The molecule has 0 fully saturated rings. The second-order valence-corrected chi connectivity index (χ2v) is 5.27. The Kier molecular flexibility index (Phi) is 4.56. The van der Waals surface area contributed by atoms with Crippen LogP contribution in [0.1, 0.15) is 24.1 Å². The van der Waals surface area contributed by atoms with Gasteiger partial charge in [-0.1, -0.05) is 34.1 Å². The molecule has 4 heteroatoms. The minimum atomic E-state index is -0.262. The zero-order chi connectivity index (χ0) is 13.8. The number of rotatable bonds is 4. The Morgan fingerprint density at radius 1 is 1.26 bits per heavy atom. The Balaban J connectivity index is 2.18. The van der Waals surface area contributed by atoms with Gasteiger partial charge in [-0.25, -0.2) is 4.39 Å². The molecule has 2 rings (SSSR count). The van der Waals surface area contributed by atoms with Crippen LogP contribution in [0.15, 0.2) is 46.9 Å². The van der Waals surface area contributed by atoms with Crippen molar-refractivity contribution < 1.29 is 9.13 Å². The number of ether oxygens (including phenoxy) is 1. The average Bonchev–Trinajstić information content (AvgIpc) is 2.38. The fourth-order valence-electron chi connectivity index (χ4n) is 1.78. The van der Waals surface area contributed by atoms with E-state index in [0.717, 1.165) is 10.0 Å². The molecule has 0 heterocycles. The van der Waals surface area contributed by atoms with Crippen LogP contribution in [-0.2, 0) is 6.61 Å². The molecule has 0 amide bonds. The maximum absolute atomic E-state index is 13.5. The van der Waals surface area contributed by atoms with Crippen molar-refractivity contribution in [1.29, 1.82) is 0 Å². The smallest absolute Gasteiger partial charge is 0.129 e. The number of hydrogen-bond donors (Lipinski definition) is 1. The summed E-state index contributed by atoms with van der Waals surface area (Å²) in [5.74, 6) is 0.420. The molecule has 0 spiro atoms. The normalized spacial score (nSPS) is 12.2. The zero-order valence-electron chi connectivity index (χ0n) is 10.6. The summed E-state index contributed by atoms with van der Waals surface area (Å²) in [5.41, 5.74) is 7.33. The van der Waals surface area contributed by atoms with E-state index in [0.29, 0.717) is 11.3 Å². The first-order valence-corrected chi connectivity index (χ1v) is 6.78. The third-order valence-electron chi connectivity index (χ3n) is 2.80. The van der Waals surface area contributed by atoms with Crippen molar-refractivity contribution in [1.82, 2.24) is 0 Å². The SMILES string of the molecule is CC(N)c1cc(Br)ccc1OCc1ccccc1F. The van der Waals surface area contributed by atoms with Crippen LogP contribution in [0, 0.1) is 5.82 Å². The van der Waals surface area contributed by atoms with E-state index >= 15 is 0 Å². The van der Waals surface area contributed by atoms with Crippen LogP contribution >= 0.6 is 15.9 Å². The summed E-state index contributed by atoms with van der Waals surface area (Å²) in [6.45, 7) is 2.08. The van der Waals surface area contributed by atoms with Crippen LogP contribution in [0.5, 0.6) is 5.75 Å². The molecule has 0 aromatic heterocycles. The zero-order valence-corrected chi connectivity index (χ0v) is 12.2. The quantitative estimate of drug-likeness (QED) is 0.915. The highest BCUT2D eigenvalue weighted by Gasteiger charge is 2.10. The van der Waals surface area contributed by atoms with Crippen molar-refractivity contribution in [2.75, 3.05) is 0 Å². The van der Waals surface area contributed by atoms with Crippen molar-refractivity contribution in [3.8, 4) is 5.75 Å². The lowest BCUT2D eigenvalue weighted by atomic mass is 10.1. The summed E-state index contributed by atoms with van der Waals surface area (Å²) in [4.78, 5) is 0. The van der Waals surface area contributed by atoms with Gasteiger partial charge in [0.1, 0.15) is 18.2 Å². The van der Waals surface area contributed by atoms with E-state index in [1.807, 2.05) is 25.1 Å². The summed E-state index contributed by atoms with van der Waals surface area (Å²) < 4.78 is 20.1. The van der Waals surface area contributed by atoms with Crippen molar-refractivity contribution in [3.05, 3.63) is 63.9 Å². The molecule has 0 bridgehead atoms. The fourth-order valence-corrected chi connectivity index (χ4v) is 2.16. The van der Waals surface area contributed by atoms with E-state index in [-0.39, 0.29) is 18.5 Å². The first-order valence-electron chi connectivity index (χ1n) is 5.99. The number of halogens is 2. The van der Waals surface area contributed by atoms with Gasteiger partial charge in [0.25, 0.3) is 0 Å². The predicted octanol–water partition coefficient (Wildman–Crippen LogP) is 4.19. The monoisotopic (exact) mass is 323 g/mol. The van der Waals surface area contributed by atoms with Gasteiger partial charge in [0.05, 0.1) is 0 Å². The Labute approximate surface area is 120 Å². The molecule has 2 aromatic rings. The van der Waals surface area contributed by atoms with Crippen LogP contribution in [-0.4, -0.2) is 0 Å². The third-order valence-corrected chi connectivity index (χ3v) is 3.30. The second kappa shape index (κ2) is 6.17. The van der Waals surface area contributed by atoms with E-state index in [1.165, 1.54) is 6.07 Å². The molecule has 0 radical (unpaired) electrons. The Bertz CT molecular complexity index is 572. The summed E-state index contributed by atoms with van der Waals surface area (Å²) >= 11 is 3.40. The molecular formula is C15H15BrFNO. The highest BCUT2D eigenvalue weighted by Crippen LogP contribution is 2.28. The first-order chi connectivity index (χ1) is 9.08. The minimum Gasteiger partial charge on any atom is -0.488 e. The topological polar surface area (TPSA) is 35.2 Å². The average molecular weight is 324 g/mol. The standard InChI is InChI=1S/C15H15BrFNO/c1-10(18)13-8-12(16)6-7-15(13)19-9-11-4-2-3-5-14(11)17/h2-8,10H,9,18H2,1H3. The molecular weight excluding hydrogens is 309 g/mol. The van der Waals surface area contributed by atoms with E-state index in [4.69, 9.17) is 10.5 Å². The largest absolute Gasteiger partial charge is 0.488 e. The summed E-state index contributed by atoms with van der Waals surface area (Å²) in [7, 11) is 0. The lowest BCUT2D eigenvalue weighted by molar-refractivity contribution is 0.295. The number of benzene rings is 2. The van der Waals surface area contributed by atoms with Gasteiger partial charge < -0.3 is 10.5 Å². The van der Waals surface area contributed by atoms with Crippen LogP contribution in [0.4, 0.5) is 4.39 Å². The molecule has 2 nitrogen and oxygen atoms in total. The molecule has 1 unspecified atom stereocenters. The highest BCUT2D eigenvalue weighted by atomic mass is 79.9. The van der Waals surface area contributed by atoms with E-state index < -0.39 is 0 Å². The second-order valence-electron chi connectivity index (χ2n) is 4.35. The third kappa shape index (κ3) is 3.55. The first kappa shape index (κ1) is 14.0. The molecule has 0 aliphatic rings. The lowest BCUT2D eigenvalue weighted by Crippen LogP contribution is -2.08. The van der Waals surface area contributed by atoms with Gasteiger partial charge in [-0.2, -0.15) is 0 Å². The van der Waals surface area contributed by atoms with Crippen LogP contribution in [0.3, 0.4) is 0 Å². The molecule has 0 saturated heterocycles. The highest BCUT2D eigenvalue weighted by molar-refractivity contribution is 9.10. The van der Waals surface area contributed by atoms with Gasteiger partial charge in [0, 0.05) is 21.6 Å². The Morgan fingerprint density at radius 3 is 2.68 bits per heavy atom. The predicted molar refractivity (Wildman–Crippen MR) is 77.5 cm³/mol. The Hall–Kier alpha value is -1.39. The molecule has 19 heavy (non-hydrogen) atoms. The van der Waals surface area contributed by atoms with Gasteiger partial charge in [0.2, 0.25) is 0 Å². The maximum atomic E-state index is 13.5. The summed E-state index contributed by atoms with van der Waals surface area (Å²) in [5, 5.41) is 0. The van der Waals surface area contributed by atoms with Crippen molar-refractivity contribution in [2.45, 2.75) is 19.6 Å².